The van der Waals surface area contributed by atoms with Crippen molar-refractivity contribution in [2.75, 3.05) is 6.61 Å². The molecule has 22 heavy (non-hydrogen) atoms. The van der Waals surface area contributed by atoms with Gasteiger partial charge in [-0.2, -0.15) is 0 Å². The number of amides is 1. The molecule has 1 aromatic carbocycles. The average Bonchev–Trinajstić information content (AvgIpc) is 2.96. The molecule has 1 fully saturated rings. The number of nitrogens with zero attached hydrogens (tertiary/aromatic N) is 1. The highest BCUT2D eigenvalue weighted by Crippen LogP contribution is 2.30. The van der Waals surface area contributed by atoms with E-state index < -0.39 is 0 Å². The van der Waals surface area contributed by atoms with Crippen molar-refractivity contribution in [3.8, 4) is 0 Å². The standard InChI is InChI=1S/C17H17ClN2O2/c1-11-14(3-2-9-19-11)17(21)20-15-8-10-22-16(15)12-4-6-13(18)7-5-12/h2-7,9,15-16H,8,10H2,1H3,(H,20,21)/t15-,16-/m1/s1. The van der Waals surface area contributed by atoms with Crippen LogP contribution in [0.2, 0.25) is 5.02 Å². The fourth-order valence-corrected chi connectivity index (χ4v) is 2.81. The van der Waals surface area contributed by atoms with Gasteiger partial charge in [0.25, 0.3) is 5.91 Å². The molecule has 114 valence electrons. The number of hydrogen-bond donors (Lipinski definition) is 1. The molecular weight excluding hydrogens is 300 g/mol. The first-order valence-electron chi connectivity index (χ1n) is 7.24. The van der Waals surface area contributed by atoms with E-state index in [0.29, 0.717) is 17.2 Å². The number of benzene rings is 1. The molecule has 2 aromatic rings. The molecule has 0 spiro atoms. The SMILES string of the molecule is Cc1ncccc1C(=O)N[C@@H]1CCO[C@@H]1c1ccc(Cl)cc1. The Kier molecular flexibility index (Phi) is 4.41. The van der Waals surface area contributed by atoms with E-state index in [2.05, 4.69) is 10.3 Å². The summed E-state index contributed by atoms with van der Waals surface area (Å²) in [4.78, 5) is 16.6. The van der Waals surface area contributed by atoms with Crippen molar-refractivity contribution in [1.29, 1.82) is 0 Å². The van der Waals surface area contributed by atoms with E-state index in [9.17, 15) is 4.79 Å². The molecule has 2 heterocycles. The van der Waals surface area contributed by atoms with Gasteiger partial charge in [-0.1, -0.05) is 23.7 Å². The summed E-state index contributed by atoms with van der Waals surface area (Å²) in [6.45, 7) is 2.46. The van der Waals surface area contributed by atoms with Gasteiger partial charge in [0.1, 0.15) is 6.10 Å². The quantitative estimate of drug-likeness (QED) is 0.945. The second-order valence-corrected chi connectivity index (χ2v) is 5.78. The zero-order chi connectivity index (χ0) is 15.5. The number of carbonyl (C=O) groups is 1. The predicted molar refractivity (Wildman–Crippen MR) is 85.0 cm³/mol. The van der Waals surface area contributed by atoms with Crippen LogP contribution in [0.15, 0.2) is 42.6 Å². The van der Waals surface area contributed by atoms with Gasteiger partial charge in [0.2, 0.25) is 0 Å². The van der Waals surface area contributed by atoms with E-state index in [-0.39, 0.29) is 18.1 Å². The van der Waals surface area contributed by atoms with Gasteiger partial charge in [-0.15, -0.1) is 0 Å². The van der Waals surface area contributed by atoms with Crippen LogP contribution in [0.4, 0.5) is 0 Å². The number of rotatable bonds is 3. The molecule has 2 atom stereocenters. The van der Waals surface area contributed by atoms with Crippen molar-refractivity contribution in [3.63, 3.8) is 0 Å². The van der Waals surface area contributed by atoms with Gasteiger partial charge in [0.15, 0.2) is 0 Å². The Morgan fingerprint density at radius 2 is 2.09 bits per heavy atom. The Labute approximate surface area is 134 Å². The summed E-state index contributed by atoms with van der Waals surface area (Å²) >= 11 is 5.92. The first kappa shape index (κ1) is 15.0. The smallest absolute Gasteiger partial charge is 0.253 e. The summed E-state index contributed by atoms with van der Waals surface area (Å²) in [5.41, 5.74) is 2.35. The van der Waals surface area contributed by atoms with Gasteiger partial charge in [-0.25, -0.2) is 0 Å². The zero-order valence-corrected chi connectivity index (χ0v) is 13.0. The summed E-state index contributed by atoms with van der Waals surface area (Å²) in [5.74, 6) is -0.111. The average molecular weight is 317 g/mol. The predicted octanol–water partition coefficient (Wildman–Crippen LogP) is 3.30. The van der Waals surface area contributed by atoms with Crippen LogP contribution in [0.25, 0.3) is 0 Å². The number of aromatic nitrogens is 1. The van der Waals surface area contributed by atoms with Crippen LogP contribution < -0.4 is 5.32 Å². The maximum absolute atomic E-state index is 12.4. The van der Waals surface area contributed by atoms with Crippen molar-refractivity contribution in [1.82, 2.24) is 10.3 Å². The zero-order valence-electron chi connectivity index (χ0n) is 12.3. The van der Waals surface area contributed by atoms with Crippen LogP contribution in [-0.2, 0) is 4.74 Å². The number of nitrogens with one attached hydrogen (secondary N) is 1. The summed E-state index contributed by atoms with van der Waals surface area (Å²) in [7, 11) is 0. The fourth-order valence-electron chi connectivity index (χ4n) is 2.69. The number of halogens is 1. The molecule has 0 aliphatic carbocycles. The number of hydrogen-bond acceptors (Lipinski definition) is 3. The minimum atomic E-state index is -0.141. The molecule has 3 rings (SSSR count). The van der Waals surface area contributed by atoms with Crippen molar-refractivity contribution in [3.05, 3.63) is 64.4 Å². The molecule has 1 amide bonds. The second kappa shape index (κ2) is 6.46. The lowest BCUT2D eigenvalue weighted by Crippen LogP contribution is -2.37. The second-order valence-electron chi connectivity index (χ2n) is 5.35. The monoisotopic (exact) mass is 316 g/mol. The molecule has 0 bridgehead atoms. The van der Waals surface area contributed by atoms with Crippen LogP contribution in [0.5, 0.6) is 0 Å². The number of carbonyl (C=O) groups excluding carboxylic acids is 1. The van der Waals surface area contributed by atoms with Gasteiger partial charge < -0.3 is 10.1 Å². The molecule has 4 nitrogen and oxygen atoms in total. The molecule has 1 saturated heterocycles. The molecule has 1 aliphatic rings. The molecular formula is C17H17ClN2O2. The summed E-state index contributed by atoms with van der Waals surface area (Å²) in [6, 6.07) is 11.0. The maximum atomic E-state index is 12.4. The lowest BCUT2D eigenvalue weighted by molar-refractivity contribution is 0.0821. The van der Waals surface area contributed by atoms with E-state index in [0.717, 1.165) is 17.7 Å². The van der Waals surface area contributed by atoms with E-state index in [1.807, 2.05) is 31.2 Å². The van der Waals surface area contributed by atoms with E-state index >= 15 is 0 Å². The normalized spacial score (nSPS) is 20.8. The number of aryl methyl sites for hydroxylation is 1. The Hall–Kier alpha value is -1.91. The van der Waals surface area contributed by atoms with E-state index in [1.165, 1.54) is 0 Å². The van der Waals surface area contributed by atoms with Crippen LogP contribution in [0, 0.1) is 6.92 Å². The topological polar surface area (TPSA) is 51.2 Å². The third kappa shape index (κ3) is 3.13. The van der Waals surface area contributed by atoms with Gasteiger partial charge in [0.05, 0.1) is 11.6 Å². The van der Waals surface area contributed by atoms with Gasteiger partial charge >= 0.3 is 0 Å². The number of ether oxygens (including phenoxy) is 1. The van der Waals surface area contributed by atoms with Crippen molar-refractivity contribution in [2.24, 2.45) is 0 Å². The molecule has 0 saturated carbocycles. The molecule has 5 heteroatoms. The Morgan fingerprint density at radius 1 is 1.32 bits per heavy atom. The Balaban J connectivity index is 1.75. The van der Waals surface area contributed by atoms with Crippen molar-refractivity contribution >= 4 is 17.5 Å². The molecule has 0 radical (unpaired) electrons. The minimum absolute atomic E-state index is 0.0479. The highest BCUT2D eigenvalue weighted by molar-refractivity contribution is 6.30. The summed E-state index contributed by atoms with van der Waals surface area (Å²) in [6.07, 6.45) is 2.33. The first-order valence-corrected chi connectivity index (χ1v) is 7.62. The lowest BCUT2D eigenvalue weighted by Gasteiger charge is -2.20. The molecule has 1 N–H and O–H groups in total. The van der Waals surface area contributed by atoms with Crippen LogP contribution in [-0.4, -0.2) is 23.5 Å². The number of pyridine rings is 1. The maximum Gasteiger partial charge on any atom is 0.253 e. The Bertz CT molecular complexity index is 673. The molecule has 1 aliphatic heterocycles. The highest BCUT2D eigenvalue weighted by atomic mass is 35.5. The minimum Gasteiger partial charge on any atom is -0.371 e. The van der Waals surface area contributed by atoms with Crippen LogP contribution in [0.3, 0.4) is 0 Å². The van der Waals surface area contributed by atoms with Gasteiger partial charge in [-0.3, -0.25) is 9.78 Å². The highest BCUT2D eigenvalue weighted by Gasteiger charge is 2.31. The summed E-state index contributed by atoms with van der Waals surface area (Å²) in [5, 5.41) is 3.75. The lowest BCUT2D eigenvalue weighted by atomic mass is 10.0. The van der Waals surface area contributed by atoms with E-state index in [1.54, 1.807) is 18.3 Å². The van der Waals surface area contributed by atoms with Crippen molar-refractivity contribution < 1.29 is 9.53 Å². The largest absolute Gasteiger partial charge is 0.371 e. The third-order valence-electron chi connectivity index (χ3n) is 3.86. The third-order valence-corrected chi connectivity index (χ3v) is 4.11. The molecule has 1 aromatic heterocycles. The van der Waals surface area contributed by atoms with E-state index in [4.69, 9.17) is 16.3 Å². The first-order chi connectivity index (χ1) is 10.6. The van der Waals surface area contributed by atoms with Crippen LogP contribution >= 0.6 is 11.6 Å². The van der Waals surface area contributed by atoms with Gasteiger partial charge in [0, 0.05) is 23.5 Å². The Morgan fingerprint density at radius 3 is 2.82 bits per heavy atom. The van der Waals surface area contributed by atoms with Gasteiger partial charge in [-0.05, 0) is 43.2 Å². The van der Waals surface area contributed by atoms with Crippen molar-refractivity contribution in [2.45, 2.75) is 25.5 Å². The molecule has 0 unspecified atom stereocenters. The summed E-state index contributed by atoms with van der Waals surface area (Å²) < 4.78 is 5.79. The fraction of sp³-hybridized carbons (Fsp3) is 0.294. The van der Waals surface area contributed by atoms with Crippen LogP contribution in [0.1, 0.15) is 34.1 Å².